The van der Waals surface area contributed by atoms with Crippen molar-refractivity contribution >= 4 is 0 Å². The molecular formula is C4H5F6NO. The molecule has 2 nitrogen and oxygen atoms in total. The normalized spacial score (nSPS) is 14.0. The minimum Gasteiger partial charge on any atom is -0.395 e. The van der Waals surface area contributed by atoms with Gasteiger partial charge in [0.25, 0.3) is 0 Å². The predicted molar refractivity (Wildman–Crippen MR) is 25.9 cm³/mol. The smallest absolute Gasteiger partial charge is 0.395 e. The number of nitrogens with zero attached hydrogens (tertiary/aromatic N) is 1. The van der Waals surface area contributed by atoms with E-state index >= 15 is 0 Å². The molecule has 0 amide bonds. The van der Waals surface area contributed by atoms with E-state index in [-0.39, 0.29) is 0 Å². The Morgan fingerprint density at radius 1 is 0.917 bits per heavy atom. The maximum atomic E-state index is 11.5. The molecule has 0 saturated heterocycles. The van der Waals surface area contributed by atoms with Crippen molar-refractivity contribution in [3.8, 4) is 0 Å². The second kappa shape index (κ2) is 3.48. The molecule has 0 atom stereocenters. The first-order chi connectivity index (χ1) is 5.19. The van der Waals surface area contributed by atoms with Gasteiger partial charge in [-0.05, 0) is 0 Å². The average molecular weight is 197 g/mol. The largest absolute Gasteiger partial charge is 0.467 e. The Balaban J connectivity index is 4.45. The van der Waals surface area contributed by atoms with Gasteiger partial charge >= 0.3 is 12.6 Å². The summed E-state index contributed by atoms with van der Waals surface area (Å²) >= 11 is 0. The van der Waals surface area contributed by atoms with E-state index < -0.39 is 30.7 Å². The minimum atomic E-state index is -5.50. The summed E-state index contributed by atoms with van der Waals surface area (Å²) in [5.41, 5.74) is 0. The number of alkyl halides is 6. The zero-order chi connectivity index (χ0) is 9.99. The number of hydrogen-bond acceptors (Lipinski definition) is 2. The molecule has 0 aliphatic rings. The first kappa shape index (κ1) is 11.5. The lowest BCUT2D eigenvalue weighted by molar-refractivity contribution is -0.373. The number of hydrogen-bond donors (Lipinski definition) is 1. The van der Waals surface area contributed by atoms with Gasteiger partial charge in [0.2, 0.25) is 0 Å². The lowest BCUT2D eigenvalue weighted by Crippen LogP contribution is -2.49. The monoisotopic (exact) mass is 197 g/mol. The molecule has 0 aliphatic heterocycles. The van der Waals surface area contributed by atoms with Crippen molar-refractivity contribution in [3.63, 3.8) is 0 Å². The third-order valence-corrected chi connectivity index (χ3v) is 0.936. The van der Waals surface area contributed by atoms with Crippen LogP contribution in [0.1, 0.15) is 0 Å². The van der Waals surface area contributed by atoms with Gasteiger partial charge < -0.3 is 5.11 Å². The summed E-state index contributed by atoms with van der Waals surface area (Å²) in [4.78, 5) is -1.69. The quantitative estimate of drug-likeness (QED) is 0.533. The van der Waals surface area contributed by atoms with Gasteiger partial charge in [0, 0.05) is 6.54 Å². The molecule has 0 unspecified atom stereocenters. The second-order valence-corrected chi connectivity index (χ2v) is 1.81. The van der Waals surface area contributed by atoms with E-state index in [1.54, 1.807) is 0 Å². The van der Waals surface area contributed by atoms with Crippen molar-refractivity contribution in [2.45, 2.75) is 12.6 Å². The van der Waals surface area contributed by atoms with Crippen molar-refractivity contribution in [1.29, 1.82) is 0 Å². The molecule has 0 aromatic carbocycles. The Labute approximate surface area is 63.4 Å². The van der Waals surface area contributed by atoms with Crippen LogP contribution in [0.2, 0.25) is 0 Å². The van der Waals surface area contributed by atoms with E-state index in [4.69, 9.17) is 5.11 Å². The van der Waals surface area contributed by atoms with Gasteiger partial charge in [-0.2, -0.15) is 26.3 Å². The van der Waals surface area contributed by atoms with Gasteiger partial charge in [0.1, 0.15) is 0 Å². The molecule has 0 bridgehead atoms. The summed E-state index contributed by atoms with van der Waals surface area (Å²) in [6.45, 7) is -2.72. The summed E-state index contributed by atoms with van der Waals surface area (Å²) in [7, 11) is 0. The fourth-order valence-corrected chi connectivity index (χ4v) is 0.497. The van der Waals surface area contributed by atoms with E-state index in [2.05, 4.69) is 0 Å². The topological polar surface area (TPSA) is 23.5 Å². The fourth-order valence-electron chi connectivity index (χ4n) is 0.497. The molecule has 0 spiro atoms. The Hall–Kier alpha value is -0.500. The fraction of sp³-hybridized carbons (Fsp3) is 1.00. The molecule has 0 fully saturated rings. The second-order valence-electron chi connectivity index (χ2n) is 1.81. The summed E-state index contributed by atoms with van der Waals surface area (Å²) in [5.74, 6) is 0. The number of rotatable bonds is 2. The van der Waals surface area contributed by atoms with Crippen molar-refractivity contribution in [2.75, 3.05) is 13.2 Å². The highest BCUT2D eigenvalue weighted by molar-refractivity contribution is 4.62. The zero-order valence-corrected chi connectivity index (χ0v) is 5.58. The Bertz CT molecular complexity index is 125. The van der Waals surface area contributed by atoms with Gasteiger partial charge in [0.15, 0.2) is 0 Å². The third kappa shape index (κ3) is 3.26. The van der Waals surface area contributed by atoms with Crippen molar-refractivity contribution < 1.29 is 31.4 Å². The Kier molecular flexibility index (Phi) is 3.34. The van der Waals surface area contributed by atoms with Crippen LogP contribution < -0.4 is 0 Å². The molecular weight excluding hydrogens is 192 g/mol. The van der Waals surface area contributed by atoms with Crippen LogP contribution in [0.4, 0.5) is 26.3 Å². The van der Waals surface area contributed by atoms with Gasteiger partial charge in [-0.15, -0.1) is 4.90 Å². The third-order valence-electron chi connectivity index (χ3n) is 0.936. The Morgan fingerprint density at radius 2 is 1.25 bits per heavy atom. The molecule has 0 rings (SSSR count). The van der Waals surface area contributed by atoms with Crippen LogP contribution in [0, 0.1) is 0 Å². The van der Waals surface area contributed by atoms with Crippen molar-refractivity contribution in [1.82, 2.24) is 4.90 Å². The van der Waals surface area contributed by atoms with Crippen LogP contribution in [0.5, 0.6) is 0 Å². The first-order valence-corrected chi connectivity index (χ1v) is 2.71. The molecule has 0 aromatic rings. The van der Waals surface area contributed by atoms with E-state index in [1.807, 2.05) is 0 Å². The number of aliphatic hydroxyl groups is 1. The first-order valence-electron chi connectivity index (χ1n) is 2.71. The van der Waals surface area contributed by atoms with E-state index in [1.165, 1.54) is 0 Å². The van der Waals surface area contributed by atoms with E-state index in [9.17, 15) is 26.3 Å². The van der Waals surface area contributed by atoms with Crippen LogP contribution in [0.3, 0.4) is 0 Å². The summed E-state index contributed by atoms with van der Waals surface area (Å²) in [6, 6.07) is 0. The summed E-state index contributed by atoms with van der Waals surface area (Å²) in [6.07, 6.45) is -11.0. The van der Waals surface area contributed by atoms with Crippen LogP contribution in [0.15, 0.2) is 0 Å². The maximum Gasteiger partial charge on any atom is 0.467 e. The average Bonchev–Trinajstić information content (AvgIpc) is 1.77. The molecule has 0 heterocycles. The van der Waals surface area contributed by atoms with Crippen molar-refractivity contribution in [2.24, 2.45) is 0 Å². The Morgan fingerprint density at radius 3 is 1.33 bits per heavy atom. The van der Waals surface area contributed by atoms with Crippen LogP contribution in [-0.4, -0.2) is 35.8 Å². The molecule has 0 aromatic heterocycles. The molecule has 74 valence electrons. The maximum absolute atomic E-state index is 11.5. The lowest BCUT2D eigenvalue weighted by atomic mass is 10.6. The van der Waals surface area contributed by atoms with Crippen LogP contribution in [0.25, 0.3) is 0 Å². The summed E-state index contributed by atoms with van der Waals surface area (Å²) in [5, 5.41) is 7.92. The predicted octanol–water partition coefficient (Wildman–Crippen LogP) is 1.32. The van der Waals surface area contributed by atoms with Gasteiger partial charge in [-0.3, -0.25) is 0 Å². The number of halogens is 6. The van der Waals surface area contributed by atoms with Crippen molar-refractivity contribution in [3.05, 3.63) is 0 Å². The standard InChI is InChI=1S/C4H5F6NO/c5-3(6,7)11(1-2-12)4(8,9)10/h12H,1-2H2. The summed E-state index contributed by atoms with van der Waals surface area (Å²) < 4.78 is 69.0. The van der Waals surface area contributed by atoms with Gasteiger partial charge in [-0.1, -0.05) is 0 Å². The molecule has 0 radical (unpaired) electrons. The molecule has 0 saturated carbocycles. The SMILES string of the molecule is OCCN(C(F)(F)F)C(F)(F)F. The van der Waals surface area contributed by atoms with Crippen LogP contribution >= 0.6 is 0 Å². The highest BCUT2D eigenvalue weighted by Gasteiger charge is 2.53. The minimum absolute atomic E-state index is 1.21. The van der Waals surface area contributed by atoms with Gasteiger partial charge in [0.05, 0.1) is 6.61 Å². The number of aliphatic hydroxyl groups excluding tert-OH is 1. The highest BCUT2D eigenvalue weighted by Crippen LogP contribution is 2.32. The highest BCUT2D eigenvalue weighted by atomic mass is 19.4. The molecule has 12 heavy (non-hydrogen) atoms. The molecule has 0 aliphatic carbocycles. The van der Waals surface area contributed by atoms with Gasteiger partial charge in [-0.25, -0.2) is 0 Å². The zero-order valence-electron chi connectivity index (χ0n) is 5.58. The van der Waals surface area contributed by atoms with E-state index in [0.717, 1.165) is 0 Å². The molecule has 1 N–H and O–H groups in total. The lowest BCUT2D eigenvalue weighted by Gasteiger charge is -2.25. The van der Waals surface area contributed by atoms with Crippen LogP contribution in [-0.2, 0) is 0 Å². The molecule has 8 heteroatoms. The van der Waals surface area contributed by atoms with E-state index in [0.29, 0.717) is 0 Å².